The number of halogens is 3. The Morgan fingerprint density at radius 1 is 1.00 bits per heavy atom. The van der Waals surface area contributed by atoms with Gasteiger partial charge in [-0.15, -0.1) is 0 Å². The van der Waals surface area contributed by atoms with Gasteiger partial charge in [-0.2, -0.15) is 0 Å². The van der Waals surface area contributed by atoms with Gasteiger partial charge in [0.05, 0.1) is 6.04 Å². The number of hydrogen-bond donors (Lipinski definition) is 0. The molecule has 196 valence electrons. The molecule has 2 heterocycles. The summed E-state index contributed by atoms with van der Waals surface area (Å²) in [7, 11) is 3.89. The van der Waals surface area contributed by atoms with E-state index in [1.54, 1.807) is 6.07 Å². The second kappa shape index (κ2) is 12.8. The highest BCUT2D eigenvalue weighted by atomic mass is 35.5. The molecule has 2 aliphatic heterocycles. The second-order valence-corrected chi connectivity index (χ2v) is 11.4. The van der Waals surface area contributed by atoms with Crippen LogP contribution in [0.4, 0.5) is 0 Å². The minimum Gasteiger partial charge on any atom is -0.492 e. The van der Waals surface area contributed by atoms with Gasteiger partial charge in [-0.05, 0) is 101 Å². The van der Waals surface area contributed by atoms with Crippen LogP contribution in [0.15, 0.2) is 36.4 Å². The molecule has 0 aromatic heterocycles. The number of likely N-dealkylation sites (tertiary alicyclic amines) is 2. The molecule has 8 heteroatoms. The zero-order valence-electron chi connectivity index (χ0n) is 21.2. The third-order valence-electron chi connectivity index (χ3n) is 7.42. The van der Waals surface area contributed by atoms with E-state index in [9.17, 15) is 4.79 Å². The van der Waals surface area contributed by atoms with E-state index < -0.39 is 0 Å². The summed E-state index contributed by atoms with van der Waals surface area (Å²) in [5, 5.41) is 1.89. The number of carbonyl (C=O) groups excluding carboxylic acids is 1. The normalized spacial score (nSPS) is 18.1. The minimum absolute atomic E-state index is 0.141. The van der Waals surface area contributed by atoms with Crippen LogP contribution in [0.25, 0.3) is 0 Å². The first-order chi connectivity index (χ1) is 17.3. The monoisotopic (exact) mass is 551 g/mol. The summed E-state index contributed by atoms with van der Waals surface area (Å²) in [5.74, 6) is 1.37. The van der Waals surface area contributed by atoms with E-state index in [0.717, 1.165) is 56.9 Å². The van der Waals surface area contributed by atoms with E-state index in [0.29, 0.717) is 34.0 Å². The van der Waals surface area contributed by atoms with Gasteiger partial charge < -0.3 is 9.64 Å². The van der Waals surface area contributed by atoms with Gasteiger partial charge in [-0.3, -0.25) is 14.6 Å². The lowest BCUT2D eigenvalue weighted by atomic mass is 9.88. The lowest BCUT2D eigenvalue weighted by Gasteiger charge is -2.36. The maximum absolute atomic E-state index is 13.5. The Kier molecular flexibility index (Phi) is 9.82. The van der Waals surface area contributed by atoms with Crippen LogP contribution >= 0.6 is 34.8 Å². The largest absolute Gasteiger partial charge is 0.492 e. The molecule has 36 heavy (non-hydrogen) atoms. The molecule has 0 aliphatic carbocycles. The Morgan fingerprint density at radius 2 is 1.67 bits per heavy atom. The van der Waals surface area contributed by atoms with Crippen molar-refractivity contribution in [3.05, 3.63) is 62.6 Å². The van der Waals surface area contributed by atoms with Crippen LogP contribution in [0, 0.1) is 0 Å². The zero-order chi connectivity index (χ0) is 25.7. The standard InChI is InChI=1S/C28H36Cl3N3O2/c1-32(2)26(17-21-5-6-22(29)18-25(21)31)28(35)34-13-9-20(10-14-34)24-8-7-23(30)19-27(24)36-16-15-33-11-3-4-12-33/h5-8,18-20,26H,3-4,9-17H2,1-2H3/t26-/m1/s1. The molecule has 0 spiro atoms. The summed E-state index contributed by atoms with van der Waals surface area (Å²) < 4.78 is 6.23. The SMILES string of the molecule is CN(C)[C@H](Cc1ccc(Cl)cc1Cl)C(=O)N1CCC(c2ccc(Cl)cc2OCCN2CCCC2)CC1. The molecule has 0 unspecified atom stereocenters. The van der Waals surface area contributed by atoms with Gasteiger partial charge in [-0.1, -0.05) is 46.9 Å². The Labute approximate surface area is 230 Å². The molecule has 0 bridgehead atoms. The van der Waals surface area contributed by atoms with Gasteiger partial charge in [0.15, 0.2) is 0 Å². The van der Waals surface area contributed by atoms with Gasteiger partial charge in [0, 0.05) is 34.7 Å². The van der Waals surface area contributed by atoms with Crippen LogP contribution in [0.1, 0.15) is 42.7 Å². The highest BCUT2D eigenvalue weighted by Crippen LogP contribution is 2.36. The number of ether oxygens (including phenoxy) is 1. The summed E-state index contributed by atoms with van der Waals surface area (Å²) in [5.41, 5.74) is 2.13. The molecular weight excluding hydrogens is 517 g/mol. The summed E-state index contributed by atoms with van der Waals surface area (Å²) in [6.45, 7) is 5.38. The van der Waals surface area contributed by atoms with Gasteiger partial charge in [0.25, 0.3) is 0 Å². The van der Waals surface area contributed by atoms with Crippen molar-refractivity contribution in [2.75, 3.05) is 53.4 Å². The molecule has 0 radical (unpaired) electrons. The van der Waals surface area contributed by atoms with Gasteiger partial charge in [-0.25, -0.2) is 0 Å². The molecule has 2 aliphatic rings. The Bertz CT molecular complexity index is 1030. The fourth-order valence-corrected chi connectivity index (χ4v) is 5.92. The quantitative estimate of drug-likeness (QED) is 0.382. The first-order valence-corrected chi connectivity index (χ1v) is 14.0. The van der Waals surface area contributed by atoms with Crippen LogP contribution in [0.5, 0.6) is 5.75 Å². The average molecular weight is 553 g/mol. The maximum Gasteiger partial charge on any atom is 0.240 e. The van der Waals surface area contributed by atoms with Crippen molar-refractivity contribution in [2.24, 2.45) is 0 Å². The molecule has 5 nitrogen and oxygen atoms in total. The lowest BCUT2D eigenvalue weighted by molar-refractivity contribution is -0.137. The molecule has 2 saturated heterocycles. The molecule has 2 aromatic carbocycles. The van der Waals surface area contributed by atoms with Gasteiger partial charge >= 0.3 is 0 Å². The molecule has 2 fully saturated rings. The van der Waals surface area contributed by atoms with E-state index in [1.165, 1.54) is 18.4 Å². The van der Waals surface area contributed by atoms with Crippen molar-refractivity contribution in [2.45, 2.75) is 44.1 Å². The Balaban J connectivity index is 1.37. The Morgan fingerprint density at radius 3 is 2.33 bits per heavy atom. The van der Waals surface area contributed by atoms with Crippen LogP contribution in [0.3, 0.4) is 0 Å². The number of amides is 1. The van der Waals surface area contributed by atoms with E-state index in [1.807, 2.05) is 48.2 Å². The van der Waals surface area contributed by atoms with Crippen LogP contribution < -0.4 is 4.74 Å². The summed E-state index contributed by atoms with van der Waals surface area (Å²) in [6.07, 6.45) is 4.91. The van der Waals surface area contributed by atoms with Crippen molar-refractivity contribution in [1.82, 2.24) is 14.7 Å². The number of hydrogen-bond acceptors (Lipinski definition) is 4. The molecule has 1 amide bonds. The fraction of sp³-hybridized carbons (Fsp3) is 0.536. The van der Waals surface area contributed by atoms with E-state index in [2.05, 4.69) is 11.0 Å². The third-order valence-corrected chi connectivity index (χ3v) is 8.24. The van der Waals surface area contributed by atoms with Crippen molar-refractivity contribution in [3.8, 4) is 5.75 Å². The number of likely N-dealkylation sites (N-methyl/N-ethyl adjacent to an activating group) is 1. The molecule has 4 rings (SSSR count). The zero-order valence-corrected chi connectivity index (χ0v) is 23.5. The van der Waals surface area contributed by atoms with E-state index in [4.69, 9.17) is 39.5 Å². The van der Waals surface area contributed by atoms with Crippen LogP contribution in [0.2, 0.25) is 15.1 Å². The molecule has 2 aromatic rings. The van der Waals surface area contributed by atoms with Gasteiger partial charge in [0.2, 0.25) is 5.91 Å². The first-order valence-electron chi connectivity index (χ1n) is 12.9. The topological polar surface area (TPSA) is 36.0 Å². The summed E-state index contributed by atoms with van der Waals surface area (Å²) >= 11 is 18.8. The van der Waals surface area contributed by atoms with Crippen molar-refractivity contribution >= 4 is 40.7 Å². The molecule has 0 N–H and O–H groups in total. The number of nitrogens with zero attached hydrogens (tertiary/aromatic N) is 3. The predicted molar refractivity (Wildman–Crippen MR) is 149 cm³/mol. The number of benzene rings is 2. The van der Waals surface area contributed by atoms with Crippen LogP contribution in [-0.2, 0) is 11.2 Å². The van der Waals surface area contributed by atoms with Gasteiger partial charge in [0.1, 0.15) is 12.4 Å². The van der Waals surface area contributed by atoms with Crippen molar-refractivity contribution < 1.29 is 9.53 Å². The number of carbonyl (C=O) groups is 1. The van der Waals surface area contributed by atoms with E-state index in [-0.39, 0.29) is 11.9 Å². The van der Waals surface area contributed by atoms with Crippen LogP contribution in [-0.4, -0.2) is 80.1 Å². The number of piperidine rings is 1. The highest BCUT2D eigenvalue weighted by molar-refractivity contribution is 6.35. The van der Waals surface area contributed by atoms with Crippen molar-refractivity contribution in [3.63, 3.8) is 0 Å². The van der Waals surface area contributed by atoms with E-state index >= 15 is 0 Å². The lowest BCUT2D eigenvalue weighted by Crippen LogP contribution is -2.49. The fourth-order valence-electron chi connectivity index (χ4n) is 5.27. The summed E-state index contributed by atoms with van der Waals surface area (Å²) in [4.78, 5) is 19.9. The molecule has 1 atom stereocenters. The summed E-state index contributed by atoms with van der Waals surface area (Å²) in [6, 6.07) is 11.2. The molecule has 0 saturated carbocycles. The maximum atomic E-state index is 13.5. The predicted octanol–water partition coefficient (Wildman–Crippen LogP) is 6.00. The highest BCUT2D eigenvalue weighted by Gasteiger charge is 2.31. The number of rotatable bonds is 9. The smallest absolute Gasteiger partial charge is 0.240 e. The first kappa shape index (κ1) is 27.5. The third kappa shape index (κ3) is 7.08. The van der Waals surface area contributed by atoms with Crippen molar-refractivity contribution in [1.29, 1.82) is 0 Å². The Hall–Kier alpha value is -1.50. The minimum atomic E-state index is -0.278. The second-order valence-electron chi connectivity index (χ2n) is 10.1. The average Bonchev–Trinajstić information content (AvgIpc) is 3.37. The molecular formula is C28H36Cl3N3O2.